The van der Waals surface area contributed by atoms with Crippen LogP contribution < -0.4 is 4.72 Å². The van der Waals surface area contributed by atoms with Crippen molar-refractivity contribution in [2.24, 2.45) is 0 Å². The fraction of sp³-hybridized carbons (Fsp3) is 0.167. The highest BCUT2D eigenvalue weighted by Crippen LogP contribution is 2.24. The SMILES string of the molecule is COC(=O)c1cc(Cl)ccc1NS(=O)(=O)c1cnc(C)[nH]1. The second-order valence-corrected chi connectivity index (χ2v) is 6.21. The summed E-state index contributed by atoms with van der Waals surface area (Å²) in [7, 11) is -2.69. The van der Waals surface area contributed by atoms with Gasteiger partial charge in [-0.05, 0) is 25.1 Å². The van der Waals surface area contributed by atoms with E-state index in [4.69, 9.17) is 11.6 Å². The Hall–Kier alpha value is -2.06. The summed E-state index contributed by atoms with van der Waals surface area (Å²) in [5, 5.41) is 0.182. The number of hydrogen-bond donors (Lipinski definition) is 2. The normalized spacial score (nSPS) is 11.2. The molecule has 2 aromatic rings. The van der Waals surface area contributed by atoms with Crippen LogP contribution in [0.5, 0.6) is 0 Å². The number of benzene rings is 1. The molecule has 1 aromatic carbocycles. The lowest BCUT2D eigenvalue weighted by Gasteiger charge is -2.10. The summed E-state index contributed by atoms with van der Waals surface area (Å²) in [5.41, 5.74) is 0.0864. The minimum atomic E-state index is -3.89. The number of aromatic amines is 1. The summed E-state index contributed by atoms with van der Waals surface area (Å²) in [4.78, 5) is 18.1. The first-order valence-corrected chi connectivity index (χ1v) is 7.62. The molecule has 112 valence electrons. The number of halogens is 1. The molecule has 21 heavy (non-hydrogen) atoms. The summed E-state index contributed by atoms with van der Waals surface area (Å²) in [6.45, 7) is 1.63. The van der Waals surface area contributed by atoms with Gasteiger partial charge in [0.1, 0.15) is 5.82 Å². The number of nitrogens with one attached hydrogen (secondary N) is 2. The van der Waals surface area contributed by atoms with E-state index in [-0.39, 0.29) is 21.3 Å². The van der Waals surface area contributed by atoms with Gasteiger partial charge in [0.15, 0.2) is 5.03 Å². The van der Waals surface area contributed by atoms with E-state index in [0.717, 1.165) is 0 Å². The molecule has 1 heterocycles. The molecule has 0 saturated heterocycles. The van der Waals surface area contributed by atoms with E-state index in [0.29, 0.717) is 5.82 Å². The van der Waals surface area contributed by atoms with Crippen LogP contribution in [0.2, 0.25) is 5.02 Å². The molecule has 1 aromatic heterocycles. The van der Waals surface area contributed by atoms with Gasteiger partial charge in [-0.3, -0.25) is 4.72 Å². The van der Waals surface area contributed by atoms with Gasteiger partial charge in [0.2, 0.25) is 0 Å². The second-order valence-electron chi connectivity index (χ2n) is 4.12. The second kappa shape index (κ2) is 5.74. The number of ether oxygens (including phenoxy) is 1. The molecule has 0 spiro atoms. The van der Waals surface area contributed by atoms with E-state index >= 15 is 0 Å². The number of aromatic nitrogens is 2. The minimum Gasteiger partial charge on any atom is -0.465 e. The van der Waals surface area contributed by atoms with Crippen molar-refractivity contribution in [3.05, 3.63) is 40.8 Å². The van der Waals surface area contributed by atoms with Crippen molar-refractivity contribution in [1.82, 2.24) is 9.97 Å². The summed E-state index contributed by atoms with van der Waals surface area (Å²) < 4.78 is 31.3. The topological polar surface area (TPSA) is 101 Å². The average Bonchev–Trinajstić information content (AvgIpc) is 2.87. The van der Waals surface area contributed by atoms with E-state index < -0.39 is 16.0 Å². The molecule has 0 aliphatic rings. The van der Waals surface area contributed by atoms with E-state index in [2.05, 4.69) is 19.4 Å². The van der Waals surface area contributed by atoms with E-state index in [9.17, 15) is 13.2 Å². The maximum atomic E-state index is 12.2. The fourth-order valence-electron chi connectivity index (χ4n) is 1.62. The number of methoxy groups -OCH3 is 1. The largest absolute Gasteiger partial charge is 0.465 e. The molecule has 9 heteroatoms. The van der Waals surface area contributed by atoms with Crippen LogP contribution in [0, 0.1) is 6.92 Å². The van der Waals surface area contributed by atoms with Gasteiger partial charge in [0.05, 0.1) is 24.6 Å². The molecule has 2 N–H and O–H groups in total. The van der Waals surface area contributed by atoms with Crippen LogP contribution in [0.1, 0.15) is 16.2 Å². The zero-order chi connectivity index (χ0) is 15.6. The lowest BCUT2D eigenvalue weighted by Crippen LogP contribution is -2.16. The molecule has 0 fully saturated rings. The molecular weight excluding hydrogens is 318 g/mol. The number of aryl methyl sites for hydroxylation is 1. The number of carbonyl (C=O) groups is 1. The molecule has 0 aliphatic carbocycles. The Morgan fingerprint density at radius 1 is 1.43 bits per heavy atom. The quantitative estimate of drug-likeness (QED) is 0.835. The number of sulfonamides is 1. The molecule has 0 unspecified atom stereocenters. The number of anilines is 1. The van der Waals surface area contributed by atoms with E-state index in [1.165, 1.54) is 31.5 Å². The first-order chi connectivity index (χ1) is 9.83. The highest BCUT2D eigenvalue weighted by Gasteiger charge is 2.21. The molecule has 0 amide bonds. The highest BCUT2D eigenvalue weighted by atomic mass is 35.5. The molecule has 2 rings (SSSR count). The Morgan fingerprint density at radius 3 is 2.71 bits per heavy atom. The van der Waals surface area contributed by atoms with Gasteiger partial charge in [-0.25, -0.2) is 9.78 Å². The summed E-state index contributed by atoms with van der Waals surface area (Å²) in [6, 6.07) is 4.17. The van der Waals surface area contributed by atoms with Gasteiger partial charge in [-0.2, -0.15) is 8.42 Å². The van der Waals surface area contributed by atoms with Crippen molar-refractivity contribution in [3.63, 3.8) is 0 Å². The fourth-order valence-corrected chi connectivity index (χ4v) is 2.84. The van der Waals surface area contributed by atoms with E-state index in [1.54, 1.807) is 6.92 Å². The Labute approximate surface area is 126 Å². The zero-order valence-corrected chi connectivity index (χ0v) is 12.7. The number of rotatable bonds is 4. The van der Waals surface area contributed by atoms with Gasteiger partial charge in [0, 0.05) is 5.02 Å². The molecule has 0 radical (unpaired) electrons. The first-order valence-electron chi connectivity index (χ1n) is 5.76. The van der Waals surface area contributed by atoms with Gasteiger partial charge < -0.3 is 9.72 Å². The van der Waals surface area contributed by atoms with Crippen molar-refractivity contribution >= 4 is 33.3 Å². The summed E-state index contributed by atoms with van der Waals surface area (Å²) in [6.07, 6.45) is 1.19. The molecule has 0 atom stereocenters. The van der Waals surface area contributed by atoms with Gasteiger partial charge in [-0.15, -0.1) is 0 Å². The van der Waals surface area contributed by atoms with Crippen LogP contribution in [0.4, 0.5) is 5.69 Å². The maximum Gasteiger partial charge on any atom is 0.340 e. The number of nitrogens with zero attached hydrogens (tertiary/aromatic N) is 1. The molecule has 0 saturated carbocycles. The zero-order valence-electron chi connectivity index (χ0n) is 11.2. The van der Waals surface area contributed by atoms with Crippen LogP contribution >= 0.6 is 11.6 Å². The monoisotopic (exact) mass is 329 g/mol. The summed E-state index contributed by atoms with van der Waals surface area (Å²) >= 11 is 5.81. The van der Waals surface area contributed by atoms with Crippen LogP contribution in [-0.4, -0.2) is 31.5 Å². The lowest BCUT2D eigenvalue weighted by atomic mass is 10.2. The van der Waals surface area contributed by atoms with Gasteiger partial charge in [-0.1, -0.05) is 11.6 Å². The van der Waals surface area contributed by atoms with E-state index in [1.807, 2.05) is 0 Å². The smallest absolute Gasteiger partial charge is 0.340 e. The first kappa shape index (κ1) is 15.3. The standard InChI is InChI=1S/C12H12ClN3O4S/c1-7-14-6-11(15-7)21(18,19)16-10-4-3-8(13)5-9(10)12(17)20-2/h3-6,16H,1-2H3,(H,14,15). The van der Waals surface area contributed by atoms with Crippen LogP contribution in [0.15, 0.2) is 29.4 Å². The number of imidazole rings is 1. The number of H-pyrrole nitrogens is 1. The number of carbonyl (C=O) groups excluding carboxylic acids is 1. The predicted molar refractivity (Wildman–Crippen MR) is 76.9 cm³/mol. The summed E-state index contributed by atoms with van der Waals surface area (Å²) in [5.74, 6) is -0.240. The van der Waals surface area contributed by atoms with Gasteiger partial charge in [0.25, 0.3) is 10.0 Å². The van der Waals surface area contributed by atoms with Crippen molar-refractivity contribution in [1.29, 1.82) is 0 Å². The molecule has 0 bridgehead atoms. The Morgan fingerprint density at radius 2 is 2.14 bits per heavy atom. The van der Waals surface area contributed by atoms with Gasteiger partial charge >= 0.3 is 5.97 Å². The average molecular weight is 330 g/mol. The van der Waals surface area contributed by atoms with Crippen LogP contribution in [-0.2, 0) is 14.8 Å². The molecule has 0 aliphatic heterocycles. The van der Waals surface area contributed by atoms with Crippen molar-refractivity contribution < 1.29 is 17.9 Å². The predicted octanol–water partition coefficient (Wildman–Crippen LogP) is 1.96. The minimum absolute atomic E-state index is 0.0183. The Balaban J connectivity index is 2.42. The number of esters is 1. The third-order valence-corrected chi connectivity index (χ3v) is 4.11. The van der Waals surface area contributed by atoms with Crippen molar-refractivity contribution in [2.75, 3.05) is 11.8 Å². The third-order valence-electron chi connectivity index (χ3n) is 2.60. The third kappa shape index (κ3) is 3.34. The number of hydrogen-bond acceptors (Lipinski definition) is 5. The van der Waals surface area contributed by atoms with Crippen molar-refractivity contribution in [2.45, 2.75) is 11.9 Å². The molecular formula is C12H12ClN3O4S. The molecule has 7 nitrogen and oxygen atoms in total. The highest BCUT2D eigenvalue weighted by molar-refractivity contribution is 7.92. The van der Waals surface area contributed by atoms with Crippen molar-refractivity contribution in [3.8, 4) is 0 Å². The maximum absolute atomic E-state index is 12.2. The Bertz CT molecular complexity index is 786. The van der Waals surface area contributed by atoms with Crippen LogP contribution in [0.25, 0.3) is 0 Å². The van der Waals surface area contributed by atoms with Crippen LogP contribution in [0.3, 0.4) is 0 Å². The lowest BCUT2D eigenvalue weighted by molar-refractivity contribution is 0.0602. The Kier molecular flexibility index (Phi) is 4.19.